The van der Waals surface area contributed by atoms with Crippen LogP contribution in [0.15, 0.2) is 68.4 Å². The number of benzene rings is 2. The first-order valence-electron chi connectivity index (χ1n) is 11.3. The third kappa shape index (κ3) is 4.99. The molecule has 1 aliphatic rings. The quantitative estimate of drug-likeness (QED) is 0.368. The molecule has 2 aromatic carbocycles. The van der Waals surface area contributed by atoms with E-state index >= 15 is 0 Å². The van der Waals surface area contributed by atoms with Crippen LogP contribution in [0.2, 0.25) is 0 Å². The van der Waals surface area contributed by atoms with Gasteiger partial charge in [0.25, 0.3) is 5.56 Å². The summed E-state index contributed by atoms with van der Waals surface area (Å²) in [5.41, 5.74) is 3.44. The Morgan fingerprint density at radius 2 is 1.89 bits per heavy atom. The molecule has 0 N–H and O–H groups in total. The molecule has 6 nitrogen and oxygen atoms in total. The number of thioether (sulfide) groups is 1. The van der Waals surface area contributed by atoms with Crippen molar-refractivity contribution in [3.05, 3.63) is 90.1 Å². The lowest BCUT2D eigenvalue weighted by Crippen LogP contribution is -2.40. The van der Waals surface area contributed by atoms with Gasteiger partial charge in [0.05, 0.1) is 35.1 Å². The van der Waals surface area contributed by atoms with Crippen LogP contribution in [-0.4, -0.2) is 30.0 Å². The molecule has 1 atom stereocenters. The van der Waals surface area contributed by atoms with Crippen molar-refractivity contribution in [2.75, 3.05) is 13.4 Å². The van der Waals surface area contributed by atoms with E-state index in [-0.39, 0.29) is 11.7 Å². The first-order chi connectivity index (χ1) is 16.7. The van der Waals surface area contributed by atoms with Crippen LogP contribution >= 0.6 is 23.1 Å². The average Bonchev–Trinajstić information content (AvgIpc) is 3.13. The molecule has 0 fully saturated rings. The standard InChI is InChI=1S/C27H28N2O4S2/c1-15(2)33-26(31)23-17(4)28-27-29(24(23)19-9-11-20(34-6)12-10-19)25(30)22(35-27)14-18-8-7-16(3)21(13-18)32-5/h7-15,24H,1-6H3/b22-14-/t24-/m1/s1. The van der Waals surface area contributed by atoms with Crippen LogP contribution in [0.25, 0.3) is 6.08 Å². The van der Waals surface area contributed by atoms with Gasteiger partial charge in [-0.25, -0.2) is 9.79 Å². The fourth-order valence-electron chi connectivity index (χ4n) is 4.04. The second-order valence-electron chi connectivity index (χ2n) is 8.54. The Morgan fingerprint density at radius 1 is 1.17 bits per heavy atom. The highest BCUT2D eigenvalue weighted by molar-refractivity contribution is 7.98. The van der Waals surface area contributed by atoms with Crippen molar-refractivity contribution in [2.24, 2.45) is 4.99 Å². The fourth-order valence-corrected chi connectivity index (χ4v) is 5.49. The normalized spacial score (nSPS) is 15.7. The second kappa shape index (κ2) is 10.3. The summed E-state index contributed by atoms with van der Waals surface area (Å²) in [7, 11) is 1.63. The van der Waals surface area contributed by atoms with Crippen LogP contribution in [0.3, 0.4) is 0 Å². The minimum Gasteiger partial charge on any atom is -0.496 e. The summed E-state index contributed by atoms with van der Waals surface area (Å²) in [5, 5.41) is 0. The number of ether oxygens (including phenoxy) is 2. The third-order valence-electron chi connectivity index (χ3n) is 5.75. The Labute approximate surface area is 212 Å². The van der Waals surface area contributed by atoms with Gasteiger partial charge >= 0.3 is 5.97 Å². The first-order valence-corrected chi connectivity index (χ1v) is 13.3. The summed E-state index contributed by atoms with van der Waals surface area (Å²) < 4.78 is 13.1. The molecule has 4 rings (SSSR count). The molecule has 182 valence electrons. The van der Waals surface area contributed by atoms with Crippen LogP contribution in [-0.2, 0) is 9.53 Å². The predicted octanol–water partition coefficient (Wildman–Crippen LogP) is 4.23. The van der Waals surface area contributed by atoms with Gasteiger partial charge in [-0.05, 0) is 74.9 Å². The van der Waals surface area contributed by atoms with E-state index in [1.807, 2.05) is 61.7 Å². The molecular weight excluding hydrogens is 480 g/mol. The Morgan fingerprint density at radius 3 is 2.51 bits per heavy atom. The highest BCUT2D eigenvalue weighted by Gasteiger charge is 2.33. The molecule has 0 saturated carbocycles. The minimum atomic E-state index is -0.622. The number of rotatable bonds is 6. The zero-order valence-electron chi connectivity index (χ0n) is 20.6. The highest BCUT2D eigenvalue weighted by Crippen LogP contribution is 2.32. The molecule has 0 aliphatic carbocycles. The molecule has 3 aromatic rings. The van der Waals surface area contributed by atoms with E-state index in [9.17, 15) is 9.59 Å². The topological polar surface area (TPSA) is 69.9 Å². The summed E-state index contributed by atoms with van der Waals surface area (Å²) in [4.78, 5) is 33.2. The molecule has 0 amide bonds. The van der Waals surface area contributed by atoms with Gasteiger partial charge in [0.15, 0.2) is 4.80 Å². The number of allylic oxidation sites excluding steroid dienone is 1. The number of fused-ring (bicyclic) bond motifs is 1. The molecule has 0 bridgehead atoms. The second-order valence-corrected chi connectivity index (χ2v) is 10.4. The fraction of sp³-hybridized carbons (Fsp3) is 0.296. The van der Waals surface area contributed by atoms with Gasteiger partial charge < -0.3 is 9.47 Å². The van der Waals surface area contributed by atoms with Gasteiger partial charge in [0.2, 0.25) is 0 Å². The molecule has 1 aliphatic heterocycles. The molecule has 35 heavy (non-hydrogen) atoms. The molecule has 0 radical (unpaired) electrons. The van der Waals surface area contributed by atoms with Crippen LogP contribution in [0, 0.1) is 6.92 Å². The van der Waals surface area contributed by atoms with Gasteiger partial charge in [-0.15, -0.1) is 11.8 Å². The van der Waals surface area contributed by atoms with E-state index in [1.165, 1.54) is 11.3 Å². The zero-order chi connectivity index (χ0) is 25.3. The van der Waals surface area contributed by atoms with Gasteiger partial charge in [-0.2, -0.15) is 0 Å². The number of carbonyl (C=O) groups excluding carboxylic acids is 1. The van der Waals surface area contributed by atoms with Crippen molar-refractivity contribution < 1.29 is 14.3 Å². The van der Waals surface area contributed by atoms with Crippen LogP contribution in [0.4, 0.5) is 0 Å². The molecule has 0 unspecified atom stereocenters. The van der Waals surface area contributed by atoms with Crippen molar-refractivity contribution in [3.63, 3.8) is 0 Å². The number of nitrogens with zero attached hydrogens (tertiary/aromatic N) is 2. The Hall–Kier alpha value is -3.10. The molecule has 0 saturated heterocycles. The number of aryl methyl sites for hydroxylation is 1. The van der Waals surface area contributed by atoms with Crippen LogP contribution in [0.5, 0.6) is 5.75 Å². The van der Waals surface area contributed by atoms with Crippen molar-refractivity contribution in [1.82, 2.24) is 4.57 Å². The SMILES string of the molecule is COc1cc(/C=c2\sc3n(c2=O)[C@H](c2ccc(SC)cc2)C(C(=O)OC(C)C)=C(C)N=3)ccc1C. The Kier molecular flexibility index (Phi) is 7.33. The number of hydrogen-bond acceptors (Lipinski definition) is 7. The van der Waals surface area contributed by atoms with Crippen molar-refractivity contribution in [3.8, 4) is 5.75 Å². The van der Waals surface area contributed by atoms with Crippen molar-refractivity contribution in [1.29, 1.82) is 0 Å². The lowest BCUT2D eigenvalue weighted by atomic mass is 9.96. The maximum absolute atomic E-state index is 13.7. The molecule has 0 spiro atoms. The van der Waals surface area contributed by atoms with Gasteiger partial charge in [-0.1, -0.05) is 35.6 Å². The Balaban J connectivity index is 1.92. The minimum absolute atomic E-state index is 0.199. The number of esters is 1. The van der Waals surface area contributed by atoms with Gasteiger partial charge in [0, 0.05) is 4.90 Å². The highest BCUT2D eigenvalue weighted by atomic mass is 32.2. The van der Waals surface area contributed by atoms with E-state index in [1.54, 1.807) is 44.2 Å². The van der Waals surface area contributed by atoms with E-state index < -0.39 is 12.0 Å². The van der Waals surface area contributed by atoms with Crippen LogP contribution < -0.4 is 19.6 Å². The molecule has 1 aromatic heterocycles. The monoisotopic (exact) mass is 508 g/mol. The lowest BCUT2D eigenvalue weighted by Gasteiger charge is -2.25. The van der Waals surface area contributed by atoms with Crippen LogP contribution in [0.1, 0.15) is 43.5 Å². The number of hydrogen-bond donors (Lipinski definition) is 0. The largest absolute Gasteiger partial charge is 0.496 e. The molecule has 2 heterocycles. The maximum atomic E-state index is 13.7. The number of methoxy groups -OCH3 is 1. The van der Waals surface area contributed by atoms with Gasteiger partial charge in [0.1, 0.15) is 5.75 Å². The smallest absolute Gasteiger partial charge is 0.338 e. The zero-order valence-corrected chi connectivity index (χ0v) is 22.3. The predicted molar refractivity (Wildman–Crippen MR) is 141 cm³/mol. The van der Waals surface area contributed by atoms with E-state index in [0.29, 0.717) is 20.6 Å². The third-order valence-corrected chi connectivity index (χ3v) is 7.47. The maximum Gasteiger partial charge on any atom is 0.338 e. The summed E-state index contributed by atoms with van der Waals surface area (Å²) in [6.07, 6.45) is 3.56. The van der Waals surface area contributed by atoms with Crippen molar-refractivity contribution in [2.45, 2.75) is 44.7 Å². The Bertz CT molecular complexity index is 1480. The van der Waals surface area contributed by atoms with Crippen molar-refractivity contribution >= 4 is 35.1 Å². The summed E-state index contributed by atoms with van der Waals surface area (Å²) >= 11 is 2.94. The summed E-state index contributed by atoms with van der Waals surface area (Å²) in [6, 6.07) is 13.1. The number of aromatic nitrogens is 1. The molecular formula is C27H28N2O4S2. The summed E-state index contributed by atoms with van der Waals surface area (Å²) in [6.45, 7) is 7.38. The van der Waals surface area contributed by atoms with Gasteiger partial charge in [-0.3, -0.25) is 9.36 Å². The lowest BCUT2D eigenvalue weighted by molar-refractivity contribution is -0.143. The number of carbonyl (C=O) groups is 1. The average molecular weight is 509 g/mol. The van der Waals surface area contributed by atoms with E-state index in [0.717, 1.165) is 27.3 Å². The first kappa shape index (κ1) is 25.0. The van der Waals surface area contributed by atoms with E-state index in [2.05, 4.69) is 4.99 Å². The summed E-state index contributed by atoms with van der Waals surface area (Å²) in [5.74, 6) is 0.297. The molecule has 8 heteroatoms. The number of thiazole rings is 1. The van der Waals surface area contributed by atoms with E-state index in [4.69, 9.17) is 9.47 Å².